The Kier molecular flexibility index (Phi) is 6.89. The van der Waals surface area contributed by atoms with Gasteiger partial charge >= 0.3 is 12.1 Å². The molecule has 0 radical (unpaired) electrons. The second kappa shape index (κ2) is 8.66. The molecule has 0 saturated carbocycles. The first-order chi connectivity index (χ1) is 13.4. The number of aliphatic carboxylic acids is 1. The maximum Gasteiger partial charge on any atom is 0.490 e. The number of aryl methyl sites for hydroxylation is 1. The molecule has 1 aromatic rings. The van der Waals surface area contributed by atoms with Gasteiger partial charge in [0.05, 0.1) is 30.1 Å². The summed E-state index contributed by atoms with van der Waals surface area (Å²) in [7, 11) is -3.24. The van der Waals surface area contributed by atoms with Crippen molar-refractivity contribution in [2.75, 3.05) is 12.3 Å². The lowest BCUT2D eigenvalue weighted by Gasteiger charge is -2.24. The number of alkyl halides is 3. The Bertz CT molecular complexity index is 875. The van der Waals surface area contributed by atoms with Crippen molar-refractivity contribution in [3.8, 4) is 0 Å². The minimum atomic E-state index is -5.08. The number of halogens is 3. The largest absolute Gasteiger partial charge is 0.490 e. The number of aromatic nitrogens is 1. The van der Waals surface area contributed by atoms with E-state index in [-0.39, 0.29) is 30.2 Å². The van der Waals surface area contributed by atoms with Gasteiger partial charge in [0, 0.05) is 18.7 Å². The Morgan fingerprint density at radius 3 is 2.45 bits per heavy atom. The zero-order chi connectivity index (χ0) is 22.0. The van der Waals surface area contributed by atoms with E-state index < -0.39 is 22.2 Å². The number of sulfonamides is 1. The Morgan fingerprint density at radius 1 is 1.31 bits per heavy atom. The lowest BCUT2D eigenvalue weighted by molar-refractivity contribution is -0.192. The topological polar surface area (TPSA) is 108 Å². The van der Waals surface area contributed by atoms with Crippen LogP contribution in [0, 0.1) is 6.92 Å². The van der Waals surface area contributed by atoms with Crippen LogP contribution < -0.4 is 0 Å². The van der Waals surface area contributed by atoms with E-state index in [4.69, 9.17) is 9.90 Å². The van der Waals surface area contributed by atoms with Crippen LogP contribution in [0.25, 0.3) is 0 Å². The number of hydrogen-bond acceptors (Lipinski definition) is 5. The third kappa shape index (κ3) is 5.44. The van der Waals surface area contributed by atoms with Crippen LogP contribution in [0.3, 0.4) is 0 Å². The predicted octanol–water partition coefficient (Wildman–Crippen LogP) is 1.55. The molecule has 1 amide bonds. The summed E-state index contributed by atoms with van der Waals surface area (Å²) in [4.78, 5) is 27.5. The molecule has 12 heteroatoms. The van der Waals surface area contributed by atoms with Gasteiger partial charge in [0.25, 0.3) is 0 Å². The average Bonchev–Trinajstić information content (AvgIpc) is 3.15. The van der Waals surface area contributed by atoms with Crippen LogP contribution in [0.1, 0.15) is 31.2 Å². The van der Waals surface area contributed by atoms with E-state index in [0.29, 0.717) is 19.5 Å². The van der Waals surface area contributed by atoms with Crippen LogP contribution in [0.2, 0.25) is 0 Å². The maximum absolute atomic E-state index is 12.3. The number of carboxylic acid groups (broad SMARTS) is 1. The fraction of sp³-hybridized carbons (Fsp3) is 0.588. The fourth-order valence-corrected chi connectivity index (χ4v) is 4.81. The van der Waals surface area contributed by atoms with E-state index in [1.54, 1.807) is 11.8 Å². The first-order valence-electron chi connectivity index (χ1n) is 8.88. The molecule has 162 valence electrons. The Balaban J connectivity index is 0.000000370. The summed E-state index contributed by atoms with van der Waals surface area (Å²) in [5.41, 5.74) is 1.77. The maximum atomic E-state index is 12.3. The van der Waals surface area contributed by atoms with Crippen molar-refractivity contribution >= 4 is 21.9 Å². The van der Waals surface area contributed by atoms with Gasteiger partial charge in [-0.05, 0) is 32.4 Å². The highest BCUT2D eigenvalue weighted by Gasteiger charge is 2.50. The number of fused-ring (bicyclic) bond motifs is 1. The van der Waals surface area contributed by atoms with Gasteiger partial charge in [-0.15, -0.1) is 0 Å². The molecule has 1 aromatic heterocycles. The van der Waals surface area contributed by atoms with E-state index >= 15 is 0 Å². The second-order valence-electron chi connectivity index (χ2n) is 6.73. The van der Waals surface area contributed by atoms with Gasteiger partial charge in [-0.3, -0.25) is 9.78 Å². The fourth-order valence-electron chi connectivity index (χ4n) is 3.47. The molecule has 1 N–H and O–H groups in total. The number of carboxylic acids is 1. The molecule has 2 aliphatic rings. The summed E-state index contributed by atoms with van der Waals surface area (Å²) in [6.45, 7) is 4.54. The van der Waals surface area contributed by atoms with Crippen LogP contribution >= 0.6 is 0 Å². The smallest absolute Gasteiger partial charge is 0.475 e. The van der Waals surface area contributed by atoms with Crippen molar-refractivity contribution in [1.82, 2.24) is 14.2 Å². The van der Waals surface area contributed by atoms with Crippen LogP contribution in [0.15, 0.2) is 18.2 Å². The van der Waals surface area contributed by atoms with Gasteiger partial charge < -0.3 is 10.0 Å². The van der Waals surface area contributed by atoms with Gasteiger partial charge in [-0.1, -0.05) is 6.07 Å². The molecular weight excluding hydrogens is 415 g/mol. The molecular formula is C17H22F3N3O5S. The first-order valence-corrected chi connectivity index (χ1v) is 10.5. The molecule has 2 fully saturated rings. The molecule has 0 spiro atoms. The molecule has 2 atom stereocenters. The predicted molar refractivity (Wildman–Crippen MR) is 96.2 cm³/mol. The number of likely N-dealkylation sites (tertiary alicyclic amines) is 1. The molecule has 0 aromatic carbocycles. The van der Waals surface area contributed by atoms with Crippen LogP contribution in [-0.4, -0.2) is 70.1 Å². The minimum Gasteiger partial charge on any atom is -0.475 e. The molecule has 3 heterocycles. The van der Waals surface area contributed by atoms with E-state index in [9.17, 15) is 26.4 Å². The highest BCUT2D eigenvalue weighted by Crippen LogP contribution is 2.35. The number of nitrogens with zero attached hydrogens (tertiary/aromatic N) is 3. The third-order valence-corrected chi connectivity index (χ3v) is 6.70. The number of rotatable bonds is 4. The molecule has 0 bridgehead atoms. The summed E-state index contributed by atoms with van der Waals surface area (Å²) in [6.07, 6.45) is -4.09. The second-order valence-corrected chi connectivity index (χ2v) is 8.94. The molecule has 2 saturated heterocycles. The number of amides is 1. The van der Waals surface area contributed by atoms with Crippen LogP contribution in [-0.2, 0) is 26.2 Å². The Labute approximate surface area is 166 Å². The van der Waals surface area contributed by atoms with E-state index in [2.05, 4.69) is 4.98 Å². The van der Waals surface area contributed by atoms with Crippen molar-refractivity contribution in [1.29, 1.82) is 0 Å². The summed E-state index contributed by atoms with van der Waals surface area (Å²) < 4.78 is 57.6. The lowest BCUT2D eigenvalue weighted by Crippen LogP contribution is -2.40. The van der Waals surface area contributed by atoms with Crippen molar-refractivity contribution in [2.24, 2.45) is 0 Å². The molecule has 0 unspecified atom stereocenters. The average molecular weight is 437 g/mol. The SMILES string of the molecule is CCS(=O)(=O)N1CC[C@H]2[C@@H]1CC(=O)N2Cc1cccc(C)n1.O=C(O)C(F)(F)F. The Hall–Kier alpha value is -2.21. The normalized spacial score (nSPS) is 22.2. The van der Waals surface area contributed by atoms with E-state index in [1.807, 2.05) is 25.1 Å². The van der Waals surface area contributed by atoms with Crippen molar-refractivity contribution in [3.63, 3.8) is 0 Å². The van der Waals surface area contributed by atoms with Gasteiger partial charge in [-0.25, -0.2) is 13.2 Å². The zero-order valence-electron chi connectivity index (χ0n) is 15.9. The highest BCUT2D eigenvalue weighted by molar-refractivity contribution is 7.89. The monoisotopic (exact) mass is 437 g/mol. The van der Waals surface area contributed by atoms with Gasteiger partial charge in [0.2, 0.25) is 15.9 Å². The molecule has 2 aliphatic heterocycles. The number of carbonyl (C=O) groups is 2. The highest BCUT2D eigenvalue weighted by atomic mass is 32.2. The quantitative estimate of drug-likeness (QED) is 0.766. The standard InChI is InChI=1S/C15H21N3O3S.C2HF3O2/c1-3-22(20,21)18-8-7-13-14(18)9-15(19)17(13)10-12-6-4-5-11(2)16-12;3-2(4,5)1(6)7/h4-6,13-14H,3,7-10H2,1-2H3;(H,6,7)/t13-,14-;/m0./s1. The van der Waals surface area contributed by atoms with Gasteiger partial charge in [0.15, 0.2) is 0 Å². The number of carbonyl (C=O) groups excluding carboxylic acids is 1. The lowest BCUT2D eigenvalue weighted by atomic mass is 10.1. The number of hydrogen-bond donors (Lipinski definition) is 1. The van der Waals surface area contributed by atoms with Crippen molar-refractivity contribution in [2.45, 2.75) is 51.5 Å². The molecule has 3 rings (SSSR count). The van der Waals surface area contributed by atoms with E-state index in [1.165, 1.54) is 4.31 Å². The molecule has 8 nitrogen and oxygen atoms in total. The first kappa shape index (κ1) is 23.1. The van der Waals surface area contributed by atoms with Gasteiger partial charge in [0.1, 0.15) is 0 Å². The van der Waals surface area contributed by atoms with Crippen LogP contribution in [0.4, 0.5) is 13.2 Å². The Morgan fingerprint density at radius 2 is 1.93 bits per heavy atom. The van der Waals surface area contributed by atoms with Crippen molar-refractivity contribution in [3.05, 3.63) is 29.6 Å². The van der Waals surface area contributed by atoms with Crippen molar-refractivity contribution < 1.29 is 36.3 Å². The van der Waals surface area contributed by atoms with Crippen LogP contribution in [0.5, 0.6) is 0 Å². The molecule has 0 aliphatic carbocycles. The zero-order valence-corrected chi connectivity index (χ0v) is 16.7. The summed E-state index contributed by atoms with van der Waals surface area (Å²) in [5, 5.41) is 7.12. The third-order valence-electron chi connectivity index (χ3n) is 4.81. The summed E-state index contributed by atoms with van der Waals surface area (Å²) in [6, 6.07) is 5.53. The van der Waals surface area contributed by atoms with E-state index in [0.717, 1.165) is 11.4 Å². The summed E-state index contributed by atoms with van der Waals surface area (Å²) in [5.74, 6) is -2.65. The minimum absolute atomic E-state index is 0.0175. The number of pyridine rings is 1. The molecule has 29 heavy (non-hydrogen) atoms. The van der Waals surface area contributed by atoms with Gasteiger partial charge in [-0.2, -0.15) is 17.5 Å². The summed E-state index contributed by atoms with van der Waals surface area (Å²) >= 11 is 0.